The summed E-state index contributed by atoms with van der Waals surface area (Å²) < 4.78 is 0. The Bertz CT molecular complexity index is 346. The van der Waals surface area contributed by atoms with Crippen LogP contribution in [0, 0.1) is 0 Å². The molecular weight excluding hydrogens is 180 g/mol. The molecule has 0 saturated carbocycles. The zero-order valence-corrected chi connectivity index (χ0v) is 7.66. The lowest BCUT2D eigenvalue weighted by Crippen LogP contribution is -2.25. The molecule has 1 aliphatic heterocycles. The largest absolute Gasteiger partial charge is 0.412 e. The number of amides is 1. The van der Waals surface area contributed by atoms with E-state index in [0.29, 0.717) is 6.42 Å². The molecule has 1 aliphatic rings. The molecule has 0 radical (unpaired) electrons. The molecule has 1 aromatic rings. The Hall–Kier alpha value is -1.68. The van der Waals surface area contributed by atoms with Gasteiger partial charge >= 0.3 is 0 Å². The first-order chi connectivity index (χ1) is 6.36. The molecule has 0 fully saturated rings. The average molecular weight is 192 g/mol. The van der Waals surface area contributed by atoms with Crippen LogP contribution in [0.2, 0.25) is 0 Å². The van der Waals surface area contributed by atoms with Crippen molar-refractivity contribution in [2.24, 2.45) is 5.10 Å². The van der Waals surface area contributed by atoms with Crippen molar-refractivity contribution in [1.82, 2.24) is 5.43 Å². The lowest BCUT2D eigenvalue weighted by atomic mass is 10.1. The molecule has 0 atom stereocenters. The normalized spacial score (nSPS) is 15.1. The summed E-state index contributed by atoms with van der Waals surface area (Å²) in [6, 6.07) is 9.89. The van der Waals surface area contributed by atoms with E-state index < -0.39 is 0 Å². The van der Waals surface area contributed by atoms with Crippen molar-refractivity contribution in [1.29, 1.82) is 0 Å². The summed E-state index contributed by atoms with van der Waals surface area (Å²) >= 11 is 0. The number of nitrogens with zero attached hydrogens (tertiary/aromatic N) is 1. The van der Waals surface area contributed by atoms with Crippen LogP contribution in [0.25, 0.3) is 0 Å². The zero-order valence-electron chi connectivity index (χ0n) is 7.66. The van der Waals surface area contributed by atoms with E-state index in [1.54, 1.807) is 0 Å². The van der Waals surface area contributed by atoms with Crippen LogP contribution >= 0.6 is 0 Å². The van der Waals surface area contributed by atoms with Crippen molar-refractivity contribution in [3.8, 4) is 0 Å². The molecule has 0 saturated heterocycles. The summed E-state index contributed by atoms with van der Waals surface area (Å²) in [6.07, 6.45) is 1.27. The Morgan fingerprint density at radius 3 is 2.43 bits per heavy atom. The second kappa shape index (κ2) is 4.53. The molecule has 4 nitrogen and oxygen atoms in total. The molecule has 0 bridgehead atoms. The summed E-state index contributed by atoms with van der Waals surface area (Å²) in [4.78, 5) is 10.8. The third-order valence-electron chi connectivity index (χ3n) is 2.01. The molecule has 0 aliphatic carbocycles. The molecule has 0 spiro atoms. The Labute approximate surface area is 81.9 Å². The predicted octanol–water partition coefficient (Wildman–Crippen LogP) is 0.476. The minimum atomic E-state index is -0.000295. The molecule has 74 valence electrons. The number of hydrogen-bond acceptors (Lipinski definition) is 2. The number of carbonyl (C=O) groups excluding carboxylic acids is 1. The fourth-order valence-corrected chi connectivity index (χ4v) is 1.31. The molecule has 0 unspecified atom stereocenters. The van der Waals surface area contributed by atoms with Crippen molar-refractivity contribution in [3.63, 3.8) is 0 Å². The molecular formula is C10H12N2O2. The van der Waals surface area contributed by atoms with Gasteiger partial charge in [-0.15, -0.1) is 0 Å². The van der Waals surface area contributed by atoms with Crippen LogP contribution in [0.3, 0.4) is 0 Å². The Morgan fingerprint density at radius 2 is 1.86 bits per heavy atom. The van der Waals surface area contributed by atoms with Crippen molar-refractivity contribution in [3.05, 3.63) is 35.9 Å². The predicted molar refractivity (Wildman–Crippen MR) is 54.0 cm³/mol. The highest BCUT2D eigenvalue weighted by molar-refractivity contribution is 6.04. The number of nitrogens with one attached hydrogen (secondary N) is 1. The fourth-order valence-electron chi connectivity index (χ4n) is 1.31. The number of hydrogen-bond donors (Lipinski definition) is 1. The highest BCUT2D eigenvalue weighted by Gasteiger charge is 2.11. The van der Waals surface area contributed by atoms with E-state index in [9.17, 15) is 4.79 Å². The zero-order chi connectivity index (χ0) is 9.10. The second-order valence-electron chi connectivity index (χ2n) is 2.96. The fraction of sp³-hybridized carbons (Fsp3) is 0.200. The molecule has 3 N–H and O–H groups in total. The number of benzene rings is 1. The van der Waals surface area contributed by atoms with Crippen molar-refractivity contribution >= 4 is 11.6 Å². The topological polar surface area (TPSA) is 73.0 Å². The van der Waals surface area contributed by atoms with E-state index in [4.69, 9.17) is 0 Å². The number of rotatable bonds is 1. The maximum atomic E-state index is 10.8. The standard InChI is InChI=1S/C10H10N2O.H2O/c13-10-7-6-9(11-12-10)8-4-2-1-3-5-8;/h1-5H,6-7H2,(H,12,13);1H2. The monoisotopic (exact) mass is 192 g/mol. The molecule has 1 heterocycles. The van der Waals surface area contributed by atoms with Crippen molar-refractivity contribution in [2.45, 2.75) is 12.8 Å². The molecule has 14 heavy (non-hydrogen) atoms. The van der Waals surface area contributed by atoms with Gasteiger partial charge in [0.15, 0.2) is 0 Å². The quantitative estimate of drug-likeness (QED) is 0.690. The van der Waals surface area contributed by atoms with Crippen LogP contribution in [0.15, 0.2) is 35.4 Å². The molecule has 2 rings (SSSR count). The van der Waals surface area contributed by atoms with Gasteiger partial charge in [-0.25, -0.2) is 5.43 Å². The van der Waals surface area contributed by atoms with Gasteiger partial charge in [0.2, 0.25) is 5.91 Å². The van der Waals surface area contributed by atoms with E-state index in [2.05, 4.69) is 10.5 Å². The van der Waals surface area contributed by atoms with E-state index in [0.717, 1.165) is 17.7 Å². The molecule has 0 aromatic heterocycles. The molecule has 1 amide bonds. The van der Waals surface area contributed by atoms with Gasteiger partial charge in [-0.05, 0) is 5.56 Å². The third kappa shape index (κ3) is 2.17. The molecule has 1 aromatic carbocycles. The van der Waals surface area contributed by atoms with Crippen molar-refractivity contribution < 1.29 is 10.3 Å². The Kier molecular flexibility index (Phi) is 3.36. The first-order valence-electron chi connectivity index (χ1n) is 4.27. The maximum Gasteiger partial charge on any atom is 0.240 e. The SMILES string of the molecule is O.O=C1CCC(c2ccccc2)=NN1. The van der Waals surface area contributed by atoms with Gasteiger partial charge in [0.05, 0.1) is 5.71 Å². The van der Waals surface area contributed by atoms with Crippen LogP contribution in [-0.2, 0) is 4.79 Å². The van der Waals surface area contributed by atoms with Crippen LogP contribution in [0.4, 0.5) is 0 Å². The number of carbonyl (C=O) groups is 1. The van der Waals surface area contributed by atoms with Gasteiger partial charge < -0.3 is 5.48 Å². The van der Waals surface area contributed by atoms with Gasteiger partial charge in [0.1, 0.15) is 0 Å². The van der Waals surface area contributed by atoms with Crippen LogP contribution < -0.4 is 5.43 Å². The first kappa shape index (κ1) is 10.4. The smallest absolute Gasteiger partial charge is 0.240 e. The van der Waals surface area contributed by atoms with Gasteiger partial charge in [-0.2, -0.15) is 5.10 Å². The summed E-state index contributed by atoms with van der Waals surface area (Å²) in [6.45, 7) is 0. The van der Waals surface area contributed by atoms with Gasteiger partial charge in [0, 0.05) is 12.8 Å². The van der Waals surface area contributed by atoms with Crippen LogP contribution in [0.5, 0.6) is 0 Å². The maximum absolute atomic E-state index is 10.8. The van der Waals surface area contributed by atoms with E-state index in [1.165, 1.54) is 0 Å². The van der Waals surface area contributed by atoms with E-state index in [1.807, 2.05) is 30.3 Å². The Balaban J connectivity index is 0.000000980. The summed E-state index contributed by atoms with van der Waals surface area (Å²) in [5.74, 6) is -0.000295. The lowest BCUT2D eigenvalue weighted by Gasteiger charge is -2.11. The third-order valence-corrected chi connectivity index (χ3v) is 2.01. The summed E-state index contributed by atoms with van der Waals surface area (Å²) in [5.41, 5.74) is 4.52. The summed E-state index contributed by atoms with van der Waals surface area (Å²) in [7, 11) is 0. The van der Waals surface area contributed by atoms with Gasteiger partial charge in [-0.3, -0.25) is 4.79 Å². The lowest BCUT2D eigenvalue weighted by molar-refractivity contribution is -0.121. The average Bonchev–Trinajstić information content (AvgIpc) is 2.20. The van der Waals surface area contributed by atoms with Crippen molar-refractivity contribution in [2.75, 3.05) is 0 Å². The van der Waals surface area contributed by atoms with E-state index >= 15 is 0 Å². The Morgan fingerprint density at radius 1 is 1.14 bits per heavy atom. The van der Waals surface area contributed by atoms with Crippen LogP contribution in [-0.4, -0.2) is 17.1 Å². The molecule has 4 heteroatoms. The highest BCUT2D eigenvalue weighted by Crippen LogP contribution is 2.08. The van der Waals surface area contributed by atoms with E-state index in [-0.39, 0.29) is 11.4 Å². The first-order valence-corrected chi connectivity index (χ1v) is 4.27. The van der Waals surface area contributed by atoms with Gasteiger partial charge in [0.25, 0.3) is 0 Å². The minimum absolute atomic E-state index is 0. The minimum Gasteiger partial charge on any atom is -0.412 e. The summed E-state index contributed by atoms with van der Waals surface area (Å²) in [5, 5.41) is 4.00. The second-order valence-corrected chi connectivity index (χ2v) is 2.96. The highest BCUT2D eigenvalue weighted by atomic mass is 16.2. The van der Waals surface area contributed by atoms with Gasteiger partial charge in [-0.1, -0.05) is 30.3 Å². The van der Waals surface area contributed by atoms with Crippen LogP contribution in [0.1, 0.15) is 18.4 Å². The number of hydrazone groups is 1.